The molecule has 0 atom stereocenters. The SMILES string of the molecule is COc1ccc([N+](=O)[O-])cc1N=Cc1cc(C)n(-c2ccccc2)c1C. The summed E-state index contributed by atoms with van der Waals surface area (Å²) in [5.41, 5.74) is 4.55. The van der Waals surface area contributed by atoms with Gasteiger partial charge in [0.25, 0.3) is 5.69 Å². The summed E-state index contributed by atoms with van der Waals surface area (Å²) in [5, 5.41) is 11.0. The number of aromatic nitrogens is 1. The molecule has 3 aromatic rings. The topological polar surface area (TPSA) is 69.7 Å². The highest BCUT2D eigenvalue weighted by atomic mass is 16.6. The standard InChI is InChI=1S/C20H19N3O3/c1-14-11-16(15(2)22(14)17-7-5-4-6-8-17)13-21-19-12-18(23(24)25)9-10-20(19)26-3/h4-13H,1-3H3. The summed E-state index contributed by atoms with van der Waals surface area (Å²) in [7, 11) is 1.52. The lowest BCUT2D eigenvalue weighted by Gasteiger charge is -2.09. The molecule has 3 rings (SSSR count). The Morgan fingerprint density at radius 3 is 2.50 bits per heavy atom. The van der Waals surface area contributed by atoms with Gasteiger partial charge in [-0.15, -0.1) is 0 Å². The molecule has 132 valence electrons. The van der Waals surface area contributed by atoms with Crippen molar-refractivity contribution in [3.05, 3.63) is 81.7 Å². The van der Waals surface area contributed by atoms with Crippen LogP contribution in [-0.2, 0) is 0 Å². The zero-order valence-electron chi connectivity index (χ0n) is 14.8. The average Bonchev–Trinajstić information content (AvgIpc) is 2.93. The minimum Gasteiger partial charge on any atom is -0.494 e. The second-order valence-corrected chi connectivity index (χ2v) is 5.87. The Hall–Kier alpha value is -3.41. The number of ether oxygens (including phenoxy) is 1. The quantitative estimate of drug-likeness (QED) is 0.379. The molecule has 0 aliphatic rings. The summed E-state index contributed by atoms with van der Waals surface area (Å²) >= 11 is 0. The van der Waals surface area contributed by atoms with Crippen molar-refractivity contribution in [2.24, 2.45) is 4.99 Å². The van der Waals surface area contributed by atoms with Crippen molar-refractivity contribution in [2.75, 3.05) is 7.11 Å². The van der Waals surface area contributed by atoms with Gasteiger partial charge in [-0.25, -0.2) is 0 Å². The third kappa shape index (κ3) is 3.35. The first-order chi connectivity index (χ1) is 12.5. The van der Waals surface area contributed by atoms with Gasteiger partial charge < -0.3 is 9.30 Å². The monoisotopic (exact) mass is 349 g/mol. The summed E-state index contributed by atoms with van der Waals surface area (Å²) in [6.07, 6.45) is 1.71. The number of nitro groups is 1. The molecule has 0 aliphatic carbocycles. The molecule has 26 heavy (non-hydrogen) atoms. The first kappa shape index (κ1) is 17.4. The van der Waals surface area contributed by atoms with Crippen molar-refractivity contribution in [3.8, 4) is 11.4 Å². The molecule has 0 spiro atoms. The van der Waals surface area contributed by atoms with Gasteiger partial charge in [0.05, 0.1) is 12.0 Å². The molecule has 0 saturated carbocycles. The molecule has 0 aliphatic heterocycles. The normalized spacial score (nSPS) is 11.0. The Bertz CT molecular complexity index is 975. The zero-order valence-corrected chi connectivity index (χ0v) is 14.8. The number of methoxy groups -OCH3 is 1. The number of aryl methyl sites for hydroxylation is 1. The maximum absolute atomic E-state index is 11.0. The van der Waals surface area contributed by atoms with Crippen LogP contribution in [0.4, 0.5) is 11.4 Å². The fraction of sp³-hybridized carbons (Fsp3) is 0.150. The van der Waals surface area contributed by atoms with Crippen molar-refractivity contribution in [2.45, 2.75) is 13.8 Å². The van der Waals surface area contributed by atoms with E-state index in [0.29, 0.717) is 11.4 Å². The lowest BCUT2D eigenvalue weighted by atomic mass is 10.2. The number of para-hydroxylation sites is 1. The Balaban J connectivity index is 2.00. The summed E-state index contributed by atoms with van der Waals surface area (Å²) in [6, 6.07) is 16.5. The van der Waals surface area contributed by atoms with E-state index in [1.807, 2.05) is 50.2 Å². The molecular formula is C20H19N3O3. The van der Waals surface area contributed by atoms with Crippen LogP contribution in [0.1, 0.15) is 17.0 Å². The lowest BCUT2D eigenvalue weighted by Crippen LogP contribution is -1.99. The predicted octanol–water partition coefficient (Wildman–Crippen LogP) is 4.76. The van der Waals surface area contributed by atoms with Crippen molar-refractivity contribution in [1.82, 2.24) is 4.57 Å². The van der Waals surface area contributed by atoms with Crippen LogP contribution in [0.5, 0.6) is 5.75 Å². The molecule has 6 nitrogen and oxygen atoms in total. The van der Waals surface area contributed by atoms with Crippen molar-refractivity contribution in [3.63, 3.8) is 0 Å². The molecule has 0 amide bonds. The van der Waals surface area contributed by atoms with Gasteiger partial charge in [0.1, 0.15) is 11.4 Å². The lowest BCUT2D eigenvalue weighted by molar-refractivity contribution is -0.384. The van der Waals surface area contributed by atoms with Gasteiger partial charge in [-0.1, -0.05) is 18.2 Å². The number of nitro benzene ring substituents is 1. The number of hydrogen-bond donors (Lipinski definition) is 0. The van der Waals surface area contributed by atoms with Gasteiger partial charge in [-0.3, -0.25) is 15.1 Å². The van der Waals surface area contributed by atoms with Gasteiger partial charge in [0, 0.05) is 41.0 Å². The molecule has 0 bridgehead atoms. The zero-order chi connectivity index (χ0) is 18.7. The summed E-state index contributed by atoms with van der Waals surface area (Å²) in [6.45, 7) is 4.05. The molecule has 0 unspecified atom stereocenters. The summed E-state index contributed by atoms with van der Waals surface area (Å²) in [5.74, 6) is 0.490. The van der Waals surface area contributed by atoms with Crippen LogP contribution in [0.2, 0.25) is 0 Å². The number of hydrogen-bond acceptors (Lipinski definition) is 4. The number of aliphatic imine (C=N–C) groups is 1. The molecule has 0 fully saturated rings. The first-order valence-corrected chi connectivity index (χ1v) is 8.12. The maximum Gasteiger partial charge on any atom is 0.271 e. The number of non-ortho nitro benzene ring substituents is 1. The van der Waals surface area contributed by atoms with E-state index in [4.69, 9.17) is 4.74 Å². The fourth-order valence-corrected chi connectivity index (χ4v) is 2.92. The number of benzene rings is 2. The fourth-order valence-electron chi connectivity index (χ4n) is 2.92. The van der Waals surface area contributed by atoms with Crippen molar-refractivity contribution >= 4 is 17.6 Å². The predicted molar refractivity (Wildman–Crippen MR) is 102 cm³/mol. The van der Waals surface area contributed by atoms with Crippen LogP contribution in [-0.4, -0.2) is 22.8 Å². The molecule has 0 saturated heterocycles. The van der Waals surface area contributed by atoms with Crippen molar-refractivity contribution < 1.29 is 9.66 Å². The van der Waals surface area contributed by atoms with E-state index in [2.05, 4.69) is 9.56 Å². The maximum atomic E-state index is 11.0. The first-order valence-electron chi connectivity index (χ1n) is 8.12. The Kier molecular flexibility index (Phi) is 4.84. The van der Waals surface area contributed by atoms with E-state index in [9.17, 15) is 10.1 Å². The van der Waals surface area contributed by atoms with Gasteiger partial charge in [-0.05, 0) is 38.1 Å². The number of rotatable bonds is 5. The minimum atomic E-state index is -0.445. The minimum absolute atomic E-state index is 0.0206. The van der Waals surface area contributed by atoms with Crippen LogP contribution in [0.3, 0.4) is 0 Å². The van der Waals surface area contributed by atoms with Gasteiger partial charge in [0.2, 0.25) is 0 Å². The van der Waals surface area contributed by atoms with Crippen LogP contribution >= 0.6 is 0 Å². The van der Waals surface area contributed by atoms with E-state index in [0.717, 1.165) is 22.6 Å². The summed E-state index contributed by atoms with van der Waals surface area (Å²) < 4.78 is 7.40. The highest BCUT2D eigenvalue weighted by Gasteiger charge is 2.12. The molecule has 1 heterocycles. The molecule has 2 aromatic carbocycles. The highest BCUT2D eigenvalue weighted by Crippen LogP contribution is 2.31. The van der Waals surface area contributed by atoms with Gasteiger partial charge in [-0.2, -0.15) is 0 Å². The van der Waals surface area contributed by atoms with Crippen LogP contribution < -0.4 is 4.74 Å². The highest BCUT2D eigenvalue weighted by molar-refractivity contribution is 5.85. The number of nitrogens with zero attached hydrogens (tertiary/aromatic N) is 3. The molecule has 0 N–H and O–H groups in total. The van der Waals surface area contributed by atoms with Gasteiger partial charge >= 0.3 is 0 Å². The Morgan fingerprint density at radius 1 is 1.12 bits per heavy atom. The third-order valence-electron chi connectivity index (χ3n) is 4.20. The van der Waals surface area contributed by atoms with Crippen LogP contribution in [0.15, 0.2) is 59.6 Å². The smallest absolute Gasteiger partial charge is 0.271 e. The molecular weight excluding hydrogens is 330 g/mol. The van der Waals surface area contributed by atoms with Crippen LogP contribution in [0, 0.1) is 24.0 Å². The van der Waals surface area contributed by atoms with E-state index < -0.39 is 4.92 Å². The third-order valence-corrected chi connectivity index (χ3v) is 4.20. The molecule has 6 heteroatoms. The van der Waals surface area contributed by atoms with E-state index in [1.54, 1.807) is 12.3 Å². The Labute approximate surface area is 151 Å². The molecule has 1 aromatic heterocycles. The van der Waals surface area contributed by atoms with E-state index >= 15 is 0 Å². The van der Waals surface area contributed by atoms with Crippen molar-refractivity contribution in [1.29, 1.82) is 0 Å². The van der Waals surface area contributed by atoms with Crippen LogP contribution in [0.25, 0.3) is 5.69 Å². The van der Waals surface area contributed by atoms with E-state index in [-0.39, 0.29) is 5.69 Å². The second kappa shape index (κ2) is 7.23. The average molecular weight is 349 g/mol. The second-order valence-electron chi connectivity index (χ2n) is 5.87. The Morgan fingerprint density at radius 2 is 1.85 bits per heavy atom. The van der Waals surface area contributed by atoms with E-state index in [1.165, 1.54) is 19.2 Å². The largest absolute Gasteiger partial charge is 0.494 e. The van der Waals surface area contributed by atoms with Gasteiger partial charge in [0.15, 0.2) is 0 Å². The summed E-state index contributed by atoms with van der Waals surface area (Å²) in [4.78, 5) is 15.0. The molecule has 0 radical (unpaired) electrons.